The molecule has 0 amide bonds. The van der Waals surface area contributed by atoms with Crippen molar-refractivity contribution in [3.8, 4) is 6.07 Å². The van der Waals surface area contributed by atoms with E-state index in [9.17, 15) is 0 Å². The molecule has 1 aromatic heterocycles. The Morgan fingerprint density at radius 2 is 1.75 bits per heavy atom. The first kappa shape index (κ1) is 17.0. The van der Waals surface area contributed by atoms with Crippen LogP contribution in [0.2, 0.25) is 5.02 Å². The second-order valence-corrected chi connectivity index (χ2v) is 6.93. The molecule has 1 fully saturated rings. The Hall–Kier alpha value is -1.80. The molecule has 3 rings (SSSR count). The fraction of sp³-hybridized carbons (Fsp3) is 0.421. The van der Waals surface area contributed by atoms with E-state index in [-0.39, 0.29) is 0 Å². The Kier molecular flexibility index (Phi) is 5.25. The molecule has 1 aliphatic rings. The van der Waals surface area contributed by atoms with Crippen LogP contribution in [0.5, 0.6) is 0 Å². The molecule has 0 bridgehead atoms. The lowest BCUT2D eigenvalue weighted by Crippen LogP contribution is -2.45. The van der Waals surface area contributed by atoms with E-state index in [1.807, 2.05) is 35.9 Å². The number of benzene rings is 1. The van der Waals surface area contributed by atoms with Crippen LogP contribution in [0, 0.1) is 18.3 Å². The lowest BCUT2D eigenvalue weighted by Gasteiger charge is -2.34. The molecule has 0 unspecified atom stereocenters. The monoisotopic (exact) mass is 342 g/mol. The molecule has 0 aliphatic carbocycles. The third-order valence-electron chi connectivity index (χ3n) is 4.91. The van der Waals surface area contributed by atoms with E-state index >= 15 is 0 Å². The number of aromatic nitrogens is 1. The van der Waals surface area contributed by atoms with Crippen LogP contribution in [0.3, 0.4) is 0 Å². The van der Waals surface area contributed by atoms with Gasteiger partial charge in [-0.1, -0.05) is 23.7 Å². The molecule has 2 aromatic rings. The standard InChI is InChI=1S/C19H23ClN4/c1-15-17(11-19(12-21)22(15)2)14-24-8-6-23(7-9-24)13-16-4-3-5-18(20)10-16/h3-5,10-11H,6-9,13-14H2,1-2H3. The van der Waals surface area contributed by atoms with Gasteiger partial charge in [-0.05, 0) is 36.2 Å². The van der Waals surface area contributed by atoms with Crippen molar-refractivity contribution >= 4 is 11.6 Å². The minimum Gasteiger partial charge on any atom is -0.340 e. The summed E-state index contributed by atoms with van der Waals surface area (Å²) < 4.78 is 1.98. The first-order valence-electron chi connectivity index (χ1n) is 8.31. The minimum absolute atomic E-state index is 0.738. The van der Waals surface area contributed by atoms with Gasteiger partial charge in [0, 0.05) is 57.0 Å². The minimum atomic E-state index is 0.738. The van der Waals surface area contributed by atoms with Crippen LogP contribution in [0.4, 0.5) is 0 Å². The third kappa shape index (κ3) is 3.81. The summed E-state index contributed by atoms with van der Waals surface area (Å²) in [6.45, 7) is 8.19. The Labute approximate surface area is 148 Å². The molecule has 0 atom stereocenters. The third-order valence-corrected chi connectivity index (χ3v) is 5.14. The van der Waals surface area contributed by atoms with Gasteiger partial charge < -0.3 is 4.57 Å². The van der Waals surface area contributed by atoms with Crippen molar-refractivity contribution in [3.05, 3.63) is 57.9 Å². The van der Waals surface area contributed by atoms with Gasteiger partial charge in [0.15, 0.2) is 0 Å². The van der Waals surface area contributed by atoms with Crippen LogP contribution in [0.15, 0.2) is 30.3 Å². The van der Waals surface area contributed by atoms with Gasteiger partial charge in [-0.2, -0.15) is 5.26 Å². The van der Waals surface area contributed by atoms with E-state index < -0.39 is 0 Å². The second-order valence-electron chi connectivity index (χ2n) is 6.49. The van der Waals surface area contributed by atoms with Crippen molar-refractivity contribution in [1.82, 2.24) is 14.4 Å². The van der Waals surface area contributed by atoms with Crippen molar-refractivity contribution in [3.63, 3.8) is 0 Å². The van der Waals surface area contributed by atoms with E-state index in [2.05, 4.69) is 28.9 Å². The molecule has 1 aliphatic heterocycles. The molecule has 4 nitrogen and oxygen atoms in total. The van der Waals surface area contributed by atoms with Crippen molar-refractivity contribution in [2.75, 3.05) is 26.2 Å². The zero-order valence-corrected chi connectivity index (χ0v) is 15.1. The summed E-state index contributed by atoms with van der Waals surface area (Å²) in [5, 5.41) is 9.96. The Morgan fingerprint density at radius 1 is 1.08 bits per heavy atom. The lowest BCUT2D eigenvalue weighted by atomic mass is 10.2. The molecule has 0 spiro atoms. The van der Waals surface area contributed by atoms with Gasteiger partial charge >= 0.3 is 0 Å². The fourth-order valence-corrected chi connectivity index (χ4v) is 3.48. The molecule has 1 saturated heterocycles. The molecular weight excluding hydrogens is 320 g/mol. The van der Waals surface area contributed by atoms with Gasteiger partial charge in [-0.25, -0.2) is 0 Å². The number of piperazine rings is 1. The Balaban J connectivity index is 1.55. The smallest absolute Gasteiger partial charge is 0.120 e. The van der Waals surface area contributed by atoms with Crippen LogP contribution in [0.25, 0.3) is 0 Å². The molecule has 5 heteroatoms. The van der Waals surface area contributed by atoms with Gasteiger partial charge in [0.2, 0.25) is 0 Å². The maximum absolute atomic E-state index is 9.16. The zero-order valence-electron chi connectivity index (χ0n) is 14.3. The highest BCUT2D eigenvalue weighted by molar-refractivity contribution is 6.30. The molecule has 0 saturated carbocycles. The van der Waals surface area contributed by atoms with E-state index in [0.29, 0.717) is 0 Å². The summed E-state index contributed by atoms with van der Waals surface area (Å²) in [5.74, 6) is 0. The average Bonchev–Trinajstić information content (AvgIpc) is 2.84. The zero-order chi connectivity index (χ0) is 17.1. The van der Waals surface area contributed by atoms with E-state index in [4.69, 9.17) is 16.9 Å². The van der Waals surface area contributed by atoms with E-state index in [1.165, 1.54) is 16.8 Å². The molecule has 126 valence electrons. The Bertz CT molecular complexity index is 751. The molecule has 2 heterocycles. The SMILES string of the molecule is Cc1c(CN2CCN(Cc3cccc(Cl)c3)CC2)cc(C#N)n1C. The van der Waals surface area contributed by atoms with Gasteiger partial charge in [0.1, 0.15) is 11.8 Å². The van der Waals surface area contributed by atoms with Gasteiger partial charge in [-0.15, -0.1) is 0 Å². The van der Waals surface area contributed by atoms with Crippen molar-refractivity contribution in [1.29, 1.82) is 5.26 Å². The summed E-state index contributed by atoms with van der Waals surface area (Å²) in [5.41, 5.74) is 4.46. The van der Waals surface area contributed by atoms with Gasteiger partial charge in [-0.3, -0.25) is 9.80 Å². The topological polar surface area (TPSA) is 35.2 Å². The summed E-state index contributed by atoms with van der Waals surface area (Å²) in [6.07, 6.45) is 0. The highest BCUT2D eigenvalue weighted by Crippen LogP contribution is 2.18. The number of halogens is 1. The molecule has 0 N–H and O–H groups in total. The van der Waals surface area contributed by atoms with E-state index in [0.717, 1.165) is 50.0 Å². The summed E-state index contributed by atoms with van der Waals surface area (Å²) in [4.78, 5) is 4.94. The van der Waals surface area contributed by atoms with Crippen LogP contribution in [0.1, 0.15) is 22.5 Å². The number of hydrogen-bond donors (Lipinski definition) is 0. The summed E-state index contributed by atoms with van der Waals surface area (Å²) in [7, 11) is 1.96. The first-order valence-corrected chi connectivity index (χ1v) is 8.69. The summed E-state index contributed by atoms with van der Waals surface area (Å²) >= 11 is 6.07. The second kappa shape index (κ2) is 7.40. The van der Waals surface area contributed by atoms with E-state index in [1.54, 1.807) is 0 Å². The maximum Gasteiger partial charge on any atom is 0.120 e. The van der Waals surface area contributed by atoms with Crippen molar-refractivity contribution in [2.45, 2.75) is 20.0 Å². The normalized spacial score (nSPS) is 16.2. The van der Waals surface area contributed by atoms with Crippen LogP contribution in [-0.2, 0) is 20.1 Å². The maximum atomic E-state index is 9.16. The average molecular weight is 343 g/mol. The molecule has 24 heavy (non-hydrogen) atoms. The van der Waals surface area contributed by atoms with Crippen molar-refractivity contribution in [2.24, 2.45) is 7.05 Å². The summed E-state index contributed by atoms with van der Waals surface area (Å²) in [6, 6.07) is 12.4. The molecular formula is C19H23ClN4. The highest BCUT2D eigenvalue weighted by atomic mass is 35.5. The van der Waals surface area contributed by atoms with Gasteiger partial charge in [0.25, 0.3) is 0 Å². The van der Waals surface area contributed by atoms with Crippen LogP contribution < -0.4 is 0 Å². The van der Waals surface area contributed by atoms with Crippen LogP contribution in [-0.4, -0.2) is 40.5 Å². The highest BCUT2D eigenvalue weighted by Gasteiger charge is 2.19. The first-order chi connectivity index (χ1) is 11.6. The molecule has 0 radical (unpaired) electrons. The molecule has 1 aromatic carbocycles. The number of nitriles is 1. The van der Waals surface area contributed by atoms with Crippen molar-refractivity contribution < 1.29 is 0 Å². The number of hydrogen-bond acceptors (Lipinski definition) is 3. The largest absolute Gasteiger partial charge is 0.340 e. The quantitative estimate of drug-likeness (QED) is 0.856. The fourth-order valence-electron chi connectivity index (χ4n) is 3.27. The Morgan fingerprint density at radius 3 is 2.33 bits per heavy atom. The predicted octanol–water partition coefficient (Wildman–Crippen LogP) is 3.18. The van der Waals surface area contributed by atoms with Crippen LogP contribution >= 0.6 is 11.6 Å². The lowest BCUT2D eigenvalue weighted by molar-refractivity contribution is 0.122. The van der Waals surface area contributed by atoms with Gasteiger partial charge in [0.05, 0.1) is 0 Å². The number of rotatable bonds is 4. The predicted molar refractivity (Wildman–Crippen MR) is 96.9 cm³/mol. The number of nitrogens with zero attached hydrogens (tertiary/aromatic N) is 4.